The molecule has 3 aliphatic rings. The lowest BCUT2D eigenvalue weighted by Gasteiger charge is -2.34. The molecule has 1 atom stereocenters. The van der Waals surface area contributed by atoms with Gasteiger partial charge in [0, 0.05) is 37.2 Å². The van der Waals surface area contributed by atoms with Gasteiger partial charge in [-0.25, -0.2) is 18.4 Å². The van der Waals surface area contributed by atoms with E-state index in [0.717, 1.165) is 31.2 Å². The molecule has 0 N–H and O–H groups in total. The first-order chi connectivity index (χ1) is 16.1. The van der Waals surface area contributed by atoms with Gasteiger partial charge in [0.1, 0.15) is 0 Å². The summed E-state index contributed by atoms with van der Waals surface area (Å²) in [5.41, 5.74) is -3.27. The molecule has 2 heterocycles. The zero-order valence-corrected chi connectivity index (χ0v) is 21.2. The van der Waals surface area contributed by atoms with Crippen LogP contribution in [0.15, 0.2) is 35.1 Å². The molecule has 12 heteroatoms. The van der Waals surface area contributed by atoms with E-state index in [2.05, 4.69) is 25.9 Å². The van der Waals surface area contributed by atoms with E-state index in [0.29, 0.717) is 32.4 Å². The van der Waals surface area contributed by atoms with Crippen molar-refractivity contribution in [3.05, 3.63) is 52.0 Å². The van der Waals surface area contributed by atoms with Gasteiger partial charge in [0.15, 0.2) is 10.8 Å². The van der Waals surface area contributed by atoms with Gasteiger partial charge in [-0.05, 0) is 64.2 Å². The second-order valence-electron chi connectivity index (χ2n) is 9.10. The number of rotatable bonds is 5. The van der Waals surface area contributed by atoms with Gasteiger partial charge in [-0.1, -0.05) is 37.2 Å². The molecule has 2 fully saturated rings. The Balaban J connectivity index is 1.66. The Hall–Kier alpha value is -1.63. The zero-order valence-electron chi connectivity index (χ0n) is 18.0. The summed E-state index contributed by atoms with van der Waals surface area (Å²) in [6.07, 6.45) is 7.44. The zero-order chi connectivity index (χ0) is 24.3. The van der Waals surface area contributed by atoms with Crippen LogP contribution in [0.3, 0.4) is 0 Å². The fraction of sp³-hybridized carbons (Fsp3) is 0.500. The summed E-state index contributed by atoms with van der Waals surface area (Å²) in [4.78, 5) is 10.7. The molecule has 2 aliphatic carbocycles. The lowest BCUT2D eigenvalue weighted by Crippen LogP contribution is -2.49. The van der Waals surface area contributed by atoms with Crippen LogP contribution >= 0.6 is 28.1 Å². The summed E-state index contributed by atoms with van der Waals surface area (Å²) in [6, 6.07) is 5.00. The SMILES string of the molecule is O=S(=O)(N1Cc2c(C3CC3)cccc2N(C(=S)c2ncc(Br)cn2)C(CC2CC2)C1)C(F)(F)F. The Morgan fingerprint density at radius 3 is 2.41 bits per heavy atom. The van der Waals surface area contributed by atoms with Gasteiger partial charge >= 0.3 is 15.5 Å². The predicted octanol–water partition coefficient (Wildman–Crippen LogP) is 5.13. The highest BCUT2D eigenvalue weighted by Gasteiger charge is 2.52. The van der Waals surface area contributed by atoms with Crippen LogP contribution in [0.1, 0.15) is 55.0 Å². The molecular weight excluding hydrogens is 553 g/mol. The molecule has 0 spiro atoms. The van der Waals surface area contributed by atoms with Gasteiger partial charge < -0.3 is 4.90 Å². The molecule has 0 amide bonds. The van der Waals surface area contributed by atoms with Crippen molar-refractivity contribution in [1.29, 1.82) is 0 Å². The molecule has 2 aromatic rings. The number of fused-ring (bicyclic) bond motifs is 1. The number of alkyl halides is 3. The molecule has 1 unspecified atom stereocenters. The molecular formula is C22H22BrF3N4O2S2. The van der Waals surface area contributed by atoms with Crippen LogP contribution in [0.2, 0.25) is 0 Å². The number of hydrogen-bond donors (Lipinski definition) is 0. The number of sulfonamides is 1. The summed E-state index contributed by atoms with van der Waals surface area (Å²) < 4.78 is 67.5. The molecule has 0 saturated heterocycles. The molecule has 1 aromatic carbocycles. The van der Waals surface area contributed by atoms with Crippen LogP contribution in [0, 0.1) is 5.92 Å². The van der Waals surface area contributed by atoms with E-state index in [9.17, 15) is 21.6 Å². The summed E-state index contributed by atoms with van der Waals surface area (Å²) in [5.74, 6) is 0.809. The first kappa shape index (κ1) is 24.1. The highest BCUT2D eigenvalue weighted by molar-refractivity contribution is 9.10. The maximum Gasteiger partial charge on any atom is 0.511 e. The van der Waals surface area contributed by atoms with Crippen LogP contribution in [0.5, 0.6) is 0 Å². The lowest BCUT2D eigenvalue weighted by atomic mass is 9.99. The molecule has 1 aromatic heterocycles. The topological polar surface area (TPSA) is 66.4 Å². The van der Waals surface area contributed by atoms with Crippen molar-refractivity contribution >= 4 is 48.8 Å². The number of halogens is 4. The van der Waals surface area contributed by atoms with Crippen molar-refractivity contribution in [1.82, 2.24) is 14.3 Å². The van der Waals surface area contributed by atoms with Crippen LogP contribution in [0.4, 0.5) is 18.9 Å². The predicted molar refractivity (Wildman–Crippen MR) is 129 cm³/mol. The maximum absolute atomic E-state index is 13.7. The first-order valence-electron chi connectivity index (χ1n) is 11.1. The number of aromatic nitrogens is 2. The molecule has 0 bridgehead atoms. The van der Waals surface area contributed by atoms with Crippen molar-refractivity contribution in [3.63, 3.8) is 0 Å². The molecule has 5 rings (SSSR count). The van der Waals surface area contributed by atoms with Crippen LogP contribution in [-0.4, -0.2) is 45.8 Å². The van der Waals surface area contributed by atoms with Crippen LogP contribution < -0.4 is 4.90 Å². The minimum Gasteiger partial charge on any atom is -0.325 e. The van der Waals surface area contributed by atoms with Gasteiger partial charge in [0.05, 0.1) is 4.47 Å². The van der Waals surface area contributed by atoms with E-state index in [1.807, 2.05) is 23.1 Å². The summed E-state index contributed by atoms with van der Waals surface area (Å²) >= 11 is 9.10. The van der Waals surface area contributed by atoms with E-state index >= 15 is 0 Å². The van der Waals surface area contributed by atoms with E-state index in [-0.39, 0.29) is 29.8 Å². The Morgan fingerprint density at radius 2 is 1.82 bits per heavy atom. The quantitative estimate of drug-likeness (QED) is 0.461. The third-order valence-corrected chi connectivity index (χ3v) is 8.88. The first-order valence-corrected chi connectivity index (χ1v) is 13.7. The molecule has 182 valence electrons. The second-order valence-corrected chi connectivity index (χ2v) is 12.3. The third kappa shape index (κ3) is 4.61. The van der Waals surface area contributed by atoms with Crippen molar-refractivity contribution < 1.29 is 21.6 Å². The monoisotopic (exact) mass is 574 g/mol. The molecule has 0 radical (unpaired) electrons. The standard InChI is InChI=1S/C22H22BrF3N4O2S2/c23-15-9-27-20(28-10-15)21(33)30-16(8-13-4-5-13)11-29(34(31,32)22(24,25)26)12-18-17(14-6-7-14)2-1-3-19(18)30/h1-3,9-10,13-14,16H,4-8,11-12H2. The minimum atomic E-state index is -5.53. The van der Waals surface area contributed by atoms with Gasteiger partial charge in [0.25, 0.3) is 0 Å². The Bertz CT molecular complexity index is 1220. The number of anilines is 1. The maximum atomic E-state index is 13.7. The van der Waals surface area contributed by atoms with Gasteiger partial charge in [0.2, 0.25) is 0 Å². The largest absolute Gasteiger partial charge is 0.511 e. The third-order valence-electron chi connectivity index (χ3n) is 6.54. The molecule has 6 nitrogen and oxygen atoms in total. The van der Waals surface area contributed by atoms with Gasteiger partial charge in [-0.2, -0.15) is 17.5 Å². The van der Waals surface area contributed by atoms with E-state index in [1.54, 1.807) is 12.4 Å². The molecule has 1 aliphatic heterocycles. The van der Waals surface area contributed by atoms with E-state index in [1.165, 1.54) is 0 Å². The number of nitrogens with zero attached hydrogens (tertiary/aromatic N) is 4. The number of benzene rings is 1. The van der Waals surface area contributed by atoms with Crippen molar-refractivity contribution in [3.8, 4) is 0 Å². The smallest absolute Gasteiger partial charge is 0.325 e. The molecule has 2 saturated carbocycles. The second kappa shape index (κ2) is 8.79. The highest BCUT2D eigenvalue weighted by atomic mass is 79.9. The normalized spacial score (nSPS) is 21.8. The van der Waals surface area contributed by atoms with Crippen LogP contribution in [0.25, 0.3) is 0 Å². The summed E-state index contributed by atoms with van der Waals surface area (Å²) in [6.45, 7) is -0.654. The van der Waals surface area contributed by atoms with Crippen molar-refractivity contribution in [2.24, 2.45) is 5.92 Å². The fourth-order valence-electron chi connectivity index (χ4n) is 4.57. The number of thiocarbonyl (C=S) groups is 1. The van der Waals surface area contributed by atoms with E-state index in [4.69, 9.17) is 12.2 Å². The number of hydrogen-bond acceptors (Lipinski definition) is 5. The average molecular weight is 575 g/mol. The Labute approximate surface area is 209 Å². The van der Waals surface area contributed by atoms with E-state index < -0.39 is 21.6 Å². The Kier molecular flexibility index (Phi) is 6.23. The molecule has 34 heavy (non-hydrogen) atoms. The average Bonchev–Trinajstić information content (AvgIpc) is 3.67. The van der Waals surface area contributed by atoms with Crippen molar-refractivity contribution in [2.75, 3.05) is 11.4 Å². The van der Waals surface area contributed by atoms with Gasteiger partial charge in [-0.3, -0.25) is 0 Å². The minimum absolute atomic E-state index is 0.213. The lowest BCUT2D eigenvalue weighted by molar-refractivity contribution is -0.0492. The summed E-state index contributed by atoms with van der Waals surface area (Å²) in [5, 5.41) is 0. The summed E-state index contributed by atoms with van der Waals surface area (Å²) in [7, 11) is -5.53. The Morgan fingerprint density at radius 1 is 1.15 bits per heavy atom. The van der Waals surface area contributed by atoms with Crippen LogP contribution in [-0.2, 0) is 16.6 Å². The van der Waals surface area contributed by atoms with Gasteiger partial charge in [-0.15, -0.1) is 0 Å². The fourth-order valence-corrected chi connectivity index (χ4v) is 6.09. The van der Waals surface area contributed by atoms with Crippen molar-refractivity contribution in [2.45, 2.75) is 56.1 Å². The highest BCUT2D eigenvalue weighted by Crippen LogP contribution is 2.47.